The van der Waals surface area contributed by atoms with Crippen LogP contribution in [0.15, 0.2) is 0 Å². The largest absolute Gasteiger partial charge is 0.396 e. The zero-order valence-corrected chi connectivity index (χ0v) is 10.4. The third kappa shape index (κ3) is 4.97. The van der Waals surface area contributed by atoms with Gasteiger partial charge in [-0.1, -0.05) is 34.6 Å². The van der Waals surface area contributed by atoms with Crippen LogP contribution in [0, 0.1) is 17.3 Å². The standard InChI is InChI=1S/C12H27NO/c1-6-12(5,9-14)8-13-7-11(4)10(2)3/h10-11,13-14H,6-9H2,1-5H3. The van der Waals surface area contributed by atoms with Gasteiger partial charge in [0.2, 0.25) is 0 Å². The van der Waals surface area contributed by atoms with Crippen LogP contribution in [0.4, 0.5) is 0 Å². The van der Waals surface area contributed by atoms with Gasteiger partial charge in [-0.05, 0) is 24.8 Å². The molecule has 2 nitrogen and oxygen atoms in total. The number of hydrogen-bond donors (Lipinski definition) is 2. The van der Waals surface area contributed by atoms with E-state index in [2.05, 4.69) is 39.9 Å². The van der Waals surface area contributed by atoms with E-state index in [0.29, 0.717) is 5.92 Å². The molecular weight excluding hydrogens is 174 g/mol. The molecule has 0 fully saturated rings. The average Bonchev–Trinajstić information content (AvgIpc) is 2.17. The van der Waals surface area contributed by atoms with Crippen molar-refractivity contribution in [3.8, 4) is 0 Å². The lowest BCUT2D eigenvalue weighted by Crippen LogP contribution is -2.37. The molecular formula is C12H27NO. The van der Waals surface area contributed by atoms with E-state index < -0.39 is 0 Å². The van der Waals surface area contributed by atoms with Gasteiger partial charge >= 0.3 is 0 Å². The first kappa shape index (κ1) is 13.9. The fourth-order valence-corrected chi connectivity index (χ4v) is 1.13. The summed E-state index contributed by atoms with van der Waals surface area (Å²) in [7, 11) is 0. The van der Waals surface area contributed by atoms with E-state index in [4.69, 9.17) is 0 Å². The molecule has 0 amide bonds. The van der Waals surface area contributed by atoms with Crippen LogP contribution in [0.1, 0.15) is 41.0 Å². The summed E-state index contributed by atoms with van der Waals surface area (Å²) < 4.78 is 0. The van der Waals surface area contributed by atoms with Gasteiger partial charge in [0, 0.05) is 18.6 Å². The molecule has 0 rings (SSSR count). The van der Waals surface area contributed by atoms with Crippen molar-refractivity contribution in [2.75, 3.05) is 19.7 Å². The molecule has 0 aliphatic rings. The highest BCUT2D eigenvalue weighted by atomic mass is 16.3. The monoisotopic (exact) mass is 201 g/mol. The van der Waals surface area contributed by atoms with Crippen molar-refractivity contribution in [2.45, 2.75) is 41.0 Å². The van der Waals surface area contributed by atoms with Gasteiger partial charge in [-0.15, -0.1) is 0 Å². The fourth-order valence-electron chi connectivity index (χ4n) is 1.13. The Labute approximate surface area is 89.1 Å². The topological polar surface area (TPSA) is 32.3 Å². The summed E-state index contributed by atoms with van der Waals surface area (Å²) in [5.41, 5.74) is 0.0523. The van der Waals surface area contributed by atoms with E-state index >= 15 is 0 Å². The van der Waals surface area contributed by atoms with Crippen molar-refractivity contribution in [3.05, 3.63) is 0 Å². The maximum absolute atomic E-state index is 9.22. The third-order valence-electron chi connectivity index (χ3n) is 3.39. The predicted molar refractivity (Wildman–Crippen MR) is 62.4 cm³/mol. The highest BCUT2D eigenvalue weighted by Crippen LogP contribution is 2.18. The minimum Gasteiger partial charge on any atom is -0.396 e. The zero-order chi connectivity index (χ0) is 11.2. The molecule has 2 atom stereocenters. The molecule has 0 spiro atoms. The van der Waals surface area contributed by atoms with E-state index in [9.17, 15) is 5.11 Å². The van der Waals surface area contributed by atoms with Gasteiger partial charge in [-0.25, -0.2) is 0 Å². The minimum absolute atomic E-state index is 0.0523. The highest BCUT2D eigenvalue weighted by molar-refractivity contribution is 4.75. The van der Waals surface area contributed by atoms with Crippen LogP contribution in [0.3, 0.4) is 0 Å². The summed E-state index contributed by atoms with van der Waals surface area (Å²) in [6, 6.07) is 0. The maximum atomic E-state index is 9.22. The summed E-state index contributed by atoms with van der Waals surface area (Å²) in [6.45, 7) is 13.2. The Bertz CT molecular complexity index is 141. The third-order valence-corrected chi connectivity index (χ3v) is 3.39. The molecule has 0 saturated carbocycles. The van der Waals surface area contributed by atoms with Crippen LogP contribution in [0.5, 0.6) is 0 Å². The van der Waals surface area contributed by atoms with Crippen LogP contribution >= 0.6 is 0 Å². The number of aliphatic hydroxyl groups excluding tert-OH is 1. The molecule has 0 aromatic rings. The molecule has 0 aromatic heterocycles. The molecule has 0 heterocycles. The lowest BCUT2D eigenvalue weighted by molar-refractivity contribution is 0.133. The number of rotatable bonds is 7. The van der Waals surface area contributed by atoms with Crippen molar-refractivity contribution in [2.24, 2.45) is 17.3 Å². The average molecular weight is 201 g/mol. The normalized spacial score (nSPS) is 18.2. The molecule has 0 saturated heterocycles. The molecule has 0 radical (unpaired) electrons. The van der Waals surface area contributed by atoms with E-state index in [1.807, 2.05) is 0 Å². The first-order valence-corrected chi connectivity index (χ1v) is 5.76. The van der Waals surface area contributed by atoms with Crippen LogP contribution in [0.2, 0.25) is 0 Å². The number of aliphatic hydroxyl groups is 1. The highest BCUT2D eigenvalue weighted by Gasteiger charge is 2.20. The first-order chi connectivity index (χ1) is 6.45. The molecule has 2 heteroatoms. The van der Waals surface area contributed by atoms with Crippen LogP contribution in [0.25, 0.3) is 0 Å². The van der Waals surface area contributed by atoms with Crippen LogP contribution < -0.4 is 5.32 Å². The van der Waals surface area contributed by atoms with Crippen molar-refractivity contribution in [1.82, 2.24) is 5.32 Å². The van der Waals surface area contributed by atoms with Gasteiger partial charge in [-0.2, -0.15) is 0 Å². The Morgan fingerprint density at radius 3 is 2.21 bits per heavy atom. The Morgan fingerprint density at radius 2 is 1.86 bits per heavy atom. The number of hydrogen-bond acceptors (Lipinski definition) is 2. The minimum atomic E-state index is 0.0523. The van der Waals surface area contributed by atoms with Gasteiger partial charge in [-0.3, -0.25) is 0 Å². The summed E-state index contributed by atoms with van der Waals surface area (Å²) in [4.78, 5) is 0. The molecule has 0 aromatic carbocycles. The Hall–Kier alpha value is -0.0800. The summed E-state index contributed by atoms with van der Waals surface area (Å²) >= 11 is 0. The second-order valence-electron chi connectivity index (χ2n) is 5.17. The Balaban J connectivity index is 3.72. The molecule has 14 heavy (non-hydrogen) atoms. The van der Waals surface area contributed by atoms with Crippen LogP contribution in [-0.4, -0.2) is 24.8 Å². The second-order valence-corrected chi connectivity index (χ2v) is 5.17. The van der Waals surface area contributed by atoms with Crippen molar-refractivity contribution in [1.29, 1.82) is 0 Å². The van der Waals surface area contributed by atoms with Gasteiger partial charge in [0.05, 0.1) is 0 Å². The lowest BCUT2D eigenvalue weighted by atomic mass is 9.88. The van der Waals surface area contributed by atoms with Crippen molar-refractivity contribution < 1.29 is 5.11 Å². The van der Waals surface area contributed by atoms with Gasteiger partial charge < -0.3 is 10.4 Å². The first-order valence-electron chi connectivity index (χ1n) is 5.76. The quantitative estimate of drug-likeness (QED) is 0.662. The van der Waals surface area contributed by atoms with Crippen LogP contribution in [-0.2, 0) is 0 Å². The second kappa shape index (κ2) is 6.41. The molecule has 0 aliphatic heterocycles. The van der Waals surface area contributed by atoms with Crippen molar-refractivity contribution >= 4 is 0 Å². The van der Waals surface area contributed by atoms with Gasteiger partial charge in [0.25, 0.3) is 0 Å². The molecule has 0 bridgehead atoms. The Kier molecular flexibility index (Phi) is 6.38. The zero-order valence-electron chi connectivity index (χ0n) is 10.4. The van der Waals surface area contributed by atoms with E-state index in [1.165, 1.54) is 0 Å². The maximum Gasteiger partial charge on any atom is 0.0496 e. The van der Waals surface area contributed by atoms with Gasteiger partial charge in [0.1, 0.15) is 0 Å². The molecule has 0 aliphatic carbocycles. The van der Waals surface area contributed by atoms with E-state index in [0.717, 1.165) is 25.4 Å². The molecule has 2 unspecified atom stereocenters. The van der Waals surface area contributed by atoms with Gasteiger partial charge in [0.15, 0.2) is 0 Å². The fraction of sp³-hybridized carbons (Fsp3) is 1.00. The summed E-state index contributed by atoms with van der Waals surface area (Å²) in [5, 5.41) is 12.7. The summed E-state index contributed by atoms with van der Waals surface area (Å²) in [6.07, 6.45) is 1.02. The Morgan fingerprint density at radius 1 is 1.29 bits per heavy atom. The van der Waals surface area contributed by atoms with E-state index in [-0.39, 0.29) is 12.0 Å². The number of nitrogens with one attached hydrogen (secondary N) is 1. The lowest BCUT2D eigenvalue weighted by Gasteiger charge is -2.27. The summed E-state index contributed by atoms with van der Waals surface area (Å²) in [5.74, 6) is 1.43. The predicted octanol–water partition coefficient (Wildman–Crippen LogP) is 2.28. The SMILES string of the molecule is CCC(C)(CO)CNCC(C)C(C)C. The molecule has 86 valence electrons. The van der Waals surface area contributed by atoms with Crippen molar-refractivity contribution in [3.63, 3.8) is 0 Å². The van der Waals surface area contributed by atoms with E-state index in [1.54, 1.807) is 0 Å². The molecule has 2 N–H and O–H groups in total. The smallest absolute Gasteiger partial charge is 0.0496 e.